The Bertz CT molecular complexity index is 967. The number of aromatic nitrogens is 2. The lowest BCUT2D eigenvalue weighted by molar-refractivity contribution is 0.00101. The Hall–Kier alpha value is -1.90. The number of hydrogen-bond acceptors (Lipinski definition) is 5. The molecular weight excluding hydrogens is 388 g/mol. The number of carbonyl (C=O) groups is 1. The molecule has 0 aliphatic carbocycles. The first kappa shape index (κ1) is 19.9. The van der Waals surface area contributed by atoms with Crippen molar-refractivity contribution in [1.29, 1.82) is 0 Å². The van der Waals surface area contributed by atoms with Crippen molar-refractivity contribution in [3.05, 3.63) is 46.2 Å². The van der Waals surface area contributed by atoms with E-state index in [0.717, 1.165) is 17.1 Å². The van der Waals surface area contributed by atoms with Gasteiger partial charge in [-0.15, -0.1) is 0 Å². The average Bonchev–Trinajstić information content (AvgIpc) is 3.08. The van der Waals surface area contributed by atoms with Crippen LogP contribution >= 0.6 is 11.6 Å². The minimum absolute atomic E-state index is 0.000733. The molecular formula is C18H23ClN4O3S. The van der Waals surface area contributed by atoms with Crippen molar-refractivity contribution in [2.45, 2.75) is 26.3 Å². The third-order valence-corrected chi connectivity index (χ3v) is 7.05. The molecule has 3 rings (SSSR count). The first-order chi connectivity index (χ1) is 12.6. The number of hydrazine groups is 1. The summed E-state index contributed by atoms with van der Waals surface area (Å²) in [7, 11) is 0.407. The molecule has 1 saturated heterocycles. The van der Waals surface area contributed by atoms with Crippen molar-refractivity contribution in [1.82, 2.24) is 19.8 Å². The van der Waals surface area contributed by atoms with Gasteiger partial charge in [-0.05, 0) is 44.5 Å². The highest BCUT2D eigenvalue weighted by molar-refractivity contribution is 7.91. The summed E-state index contributed by atoms with van der Waals surface area (Å²) in [5.74, 6) is -0.105. The van der Waals surface area contributed by atoms with Crippen LogP contribution in [0.3, 0.4) is 0 Å². The largest absolute Gasteiger partial charge is 0.268 e. The molecule has 1 aliphatic rings. The van der Waals surface area contributed by atoms with Gasteiger partial charge in [0.25, 0.3) is 5.91 Å². The van der Waals surface area contributed by atoms with E-state index in [4.69, 9.17) is 11.6 Å². The number of nitrogens with zero attached hydrogens (tertiary/aromatic N) is 4. The van der Waals surface area contributed by atoms with Crippen molar-refractivity contribution in [3.63, 3.8) is 0 Å². The molecule has 1 aliphatic heterocycles. The minimum Gasteiger partial charge on any atom is -0.268 e. The molecule has 1 unspecified atom stereocenters. The molecule has 1 amide bonds. The van der Waals surface area contributed by atoms with Gasteiger partial charge in [0.1, 0.15) is 0 Å². The van der Waals surface area contributed by atoms with Gasteiger partial charge in [-0.25, -0.2) is 18.1 Å². The van der Waals surface area contributed by atoms with Gasteiger partial charge in [-0.1, -0.05) is 11.6 Å². The SMILES string of the molecule is Cc1nn(-c2ccc(C(=O)N(C3CCS(=O)(=O)C3)N(C)C)cc2)c(C)c1Cl. The van der Waals surface area contributed by atoms with Gasteiger partial charge in [0, 0.05) is 19.7 Å². The van der Waals surface area contributed by atoms with Crippen molar-refractivity contribution in [3.8, 4) is 5.69 Å². The summed E-state index contributed by atoms with van der Waals surface area (Å²) in [4.78, 5) is 13.0. The smallest absolute Gasteiger partial charge is 0.268 e. The van der Waals surface area contributed by atoms with Gasteiger partial charge in [0.2, 0.25) is 0 Å². The number of halogens is 1. The van der Waals surface area contributed by atoms with Crippen molar-refractivity contribution < 1.29 is 13.2 Å². The van der Waals surface area contributed by atoms with E-state index >= 15 is 0 Å². The number of sulfone groups is 1. The molecule has 1 fully saturated rings. The highest BCUT2D eigenvalue weighted by Gasteiger charge is 2.36. The molecule has 2 aromatic rings. The van der Waals surface area contributed by atoms with Gasteiger partial charge < -0.3 is 0 Å². The lowest BCUT2D eigenvalue weighted by Crippen LogP contribution is -2.49. The van der Waals surface area contributed by atoms with E-state index in [2.05, 4.69) is 5.10 Å². The molecule has 0 saturated carbocycles. The molecule has 0 spiro atoms. The predicted octanol–water partition coefficient (Wildman–Crippen LogP) is 2.25. The molecule has 146 valence electrons. The fraction of sp³-hybridized carbons (Fsp3) is 0.444. The maximum absolute atomic E-state index is 13.0. The summed E-state index contributed by atoms with van der Waals surface area (Å²) in [6, 6.07) is 6.72. The highest BCUT2D eigenvalue weighted by atomic mass is 35.5. The van der Waals surface area contributed by atoms with Crippen LogP contribution in [0.2, 0.25) is 5.02 Å². The molecule has 1 aromatic carbocycles. The van der Waals surface area contributed by atoms with E-state index in [-0.39, 0.29) is 23.5 Å². The highest BCUT2D eigenvalue weighted by Crippen LogP contribution is 2.24. The predicted molar refractivity (Wildman–Crippen MR) is 105 cm³/mol. The molecule has 0 N–H and O–H groups in total. The van der Waals surface area contributed by atoms with Crippen LogP contribution in [0.1, 0.15) is 28.2 Å². The summed E-state index contributed by atoms with van der Waals surface area (Å²) >= 11 is 6.20. The van der Waals surface area contributed by atoms with E-state index in [0.29, 0.717) is 17.0 Å². The van der Waals surface area contributed by atoms with Crippen LogP contribution in [0, 0.1) is 13.8 Å². The number of carbonyl (C=O) groups excluding carboxylic acids is 1. The molecule has 1 aromatic heterocycles. The van der Waals surface area contributed by atoms with Crippen molar-refractivity contribution in [2.75, 3.05) is 25.6 Å². The zero-order valence-electron chi connectivity index (χ0n) is 15.8. The third-order valence-electron chi connectivity index (χ3n) is 4.76. The molecule has 27 heavy (non-hydrogen) atoms. The average molecular weight is 411 g/mol. The first-order valence-corrected chi connectivity index (χ1v) is 10.8. The Labute approximate surface area is 164 Å². The maximum Gasteiger partial charge on any atom is 0.268 e. The van der Waals surface area contributed by atoms with E-state index in [9.17, 15) is 13.2 Å². The van der Waals surface area contributed by atoms with Gasteiger partial charge in [-0.3, -0.25) is 9.80 Å². The Morgan fingerprint density at radius 1 is 1.22 bits per heavy atom. The number of benzene rings is 1. The Balaban J connectivity index is 1.87. The van der Waals surface area contributed by atoms with E-state index < -0.39 is 9.84 Å². The lowest BCUT2D eigenvalue weighted by Gasteiger charge is -2.33. The standard InChI is InChI=1S/C18H23ClN4O3S/c1-12-17(19)13(2)22(20-12)15-7-5-14(6-8-15)18(24)23(21(3)4)16-9-10-27(25,26)11-16/h5-8,16H,9-11H2,1-4H3. The number of aryl methyl sites for hydroxylation is 1. The Morgan fingerprint density at radius 3 is 2.30 bits per heavy atom. The zero-order chi connectivity index (χ0) is 19.9. The van der Waals surface area contributed by atoms with Crippen molar-refractivity contribution >= 4 is 27.3 Å². The zero-order valence-corrected chi connectivity index (χ0v) is 17.4. The second-order valence-electron chi connectivity index (χ2n) is 7.00. The second-order valence-corrected chi connectivity index (χ2v) is 9.60. The van der Waals surface area contributed by atoms with Crippen LogP contribution in [0.5, 0.6) is 0 Å². The van der Waals surface area contributed by atoms with Crippen LogP contribution in [-0.2, 0) is 9.84 Å². The van der Waals surface area contributed by atoms with Crippen LogP contribution in [0.25, 0.3) is 5.69 Å². The minimum atomic E-state index is -3.08. The molecule has 0 bridgehead atoms. The topological polar surface area (TPSA) is 75.5 Å². The fourth-order valence-corrected chi connectivity index (χ4v) is 5.20. The van der Waals surface area contributed by atoms with Crippen LogP contribution in [0.15, 0.2) is 24.3 Å². The summed E-state index contributed by atoms with van der Waals surface area (Å²) in [6.45, 7) is 3.73. The molecule has 0 radical (unpaired) electrons. The number of hydrogen-bond donors (Lipinski definition) is 0. The Kier molecular flexibility index (Phi) is 5.33. The Morgan fingerprint density at radius 2 is 1.85 bits per heavy atom. The number of rotatable bonds is 4. The van der Waals surface area contributed by atoms with Crippen LogP contribution in [0.4, 0.5) is 0 Å². The van der Waals surface area contributed by atoms with E-state index in [1.54, 1.807) is 35.9 Å². The lowest BCUT2D eigenvalue weighted by atomic mass is 10.1. The normalized spacial score (nSPS) is 18.8. The molecule has 7 nitrogen and oxygen atoms in total. The van der Waals surface area contributed by atoms with E-state index in [1.165, 1.54) is 5.01 Å². The van der Waals surface area contributed by atoms with Gasteiger partial charge in [0.05, 0.1) is 39.6 Å². The summed E-state index contributed by atoms with van der Waals surface area (Å²) < 4.78 is 25.4. The van der Waals surface area contributed by atoms with Gasteiger partial charge in [0.15, 0.2) is 9.84 Å². The third kappa shape index (κ3) is 3.88. The van der Waals surface area contributed by atoms with Gasteiger partial charge >= 0.3 is 0 Å². The first-order valence-electron chi connectivity index (χ1n) is 8.64. The molecule has 1 atom stereocenters. The number of amides is 1. The summed E-state index contributed by atoms with van der Waals surface area (Å²) in [5, 5.41) is 8.22. The second kappa shape index (κ2) is 7.26. The van der Waals surface area contributed by atoms with Crippen LogP contribution in [-0.4, -0.2) is 65.8 Å². The fourth-order valence-electron chi connectivity index (χ4n) is 3.39. The summed E-state index contributed by atoms with van der Waals surface area (Å²) in [5.41, 5.74) is 2.87. The van der Waals surface area contributed by atoms with Crippen LogP contribution < -0.4 is 0 Å². The summed E-state index contributed by atoms with van der Waals surface area (Å²) in [6.07, 6.45) is 0.453. The maximum atomic E-state index is 13.0. The van der Waals surface area contributed by atoms with Gasteiger partial charge in [-0.2, -0.15) is 5.10 Å². The monoisotopic (exact) mass is 410 g/mol. The van der Waals surface area contributed by atoms with E-state index in [1.807, 2.05) is 26.0 Å². The molecule has 2 heterocycles. The quantitative estimate of drug-likeness (QED) is 0.722. The molecule has 9 heteroatoms. The van der Waals surface area contributed by atoms with Crippen molar-refractivity contribution in [2.24, 2.45) is 0 Å².